The molecular formula is C13H13BrClN3O. The van der Waals surface area contributed by atoms with Crippen LogP contribution in [0.15, 0.2) is 22.8 Å². The van der Waals surface area contributed by atoms with E-state index in [9.17, 15) is 0 Å². The third-order valence-electron chi connectivity index (χ3n) is 2.55. The molecule has 1 aromatic heterocycles. The summed E-state index contributed by atoms with van der Waals surface area (Å²) < 4.78 is 6.04. The van der Waals surface area contributed by atoms with Crippen LogP contribution in [0, 0.1) is 13.8 Å². The summed E-state index contributed by atoms with van der Waals surface area (Å²) in [5, 5.41) is 3.88. The van der Waals surface area contributed by atoms with E-state index in [0.717, 1.165) is 15.9 Å². The molecule has 0 aliphatic carbocycles. The monoisotopic (exact) mass is 341 g/mol. The number of rotatable bonds is 3. The van der Waals surface area contributed by atoms with Crippen molar-refractivity contribution in [1.82, 2.24) is 9.97 Å². The van der Waals surface area contributed by atoms with E-state index in [1.54, 1.807) is 19.2 Å². The maximum atomic E-state index is 6.08. The van der Waals surface area contributed by atoms with Crippen molar-refractivity contribution in [2.45, 2.75) is 13.8 Å². The molecule has 100 valence electrons. The van der Waals surface area contributed by atoms with Gasteiger partial charge in [0.25, 0.3) is 0 Å². The van der Waals surface area contributed by atoms with E-state index in [0.29, 0.717) is 22.4 Å². The maximum Gasteiger partial charge on any atom is 0.143 e. The van der Waals surface area contributed by atoms with E-state index in [4.69, 9.17) is 16.3 Å². The van der Waals surface area contributed by atoms with Gasteiger partial charge in [-0.25, -0.2) is 9.97 Å². The Balaban J connectivity index is 2.39. The number of hydrogen-bond donors (Lipinski definition) is 1. The van der Waals surface area contributed by atoms with E-state index >= 15 is 0 Å². The first-order valence-corrected chi connectivity index (χ1v) is 6.79. The molecule has 0 bridgehead atoms. The van der Waals surface area contributed by atoms with Gasteiger partial charge in [0.1, 0.15) is 22.0 Å². The van der Waals surface area contributed by atoms with E-state index in [1.807, 2.05) is 19.9 Å². The second-order valence-corrected chi connectivity index (χ2v) is 5.27. The van der Waals surface area contributed by atoms with E-state index < -0.39 is 0 Å². The Morgan fingerprint density at radius 2 is 1.95 bits per heavy atom. The molecule has 0 amide bonds. The lowest BCUT2D eigenvalue weighted by Gasteiger charge is -2.13. The van der Waals surface area contributed by atoms with Gasteiger partial charge in [0.15, 0.2) is 0 Å². The SMILES string of the molecule is COc1cc(Cl)c(C)cc1Nc1cc(Br)nc(C)n1. The molecule has 0 spiro atoms. The Labute approximate surface area is 125 Å². The van der Waals surface area contributed by atoms with Gasteiger partial charge in [-0.05, 0) is 41.4 Å². The quantitative estimate of drug-likeness (QED) is 0.847. The van der Waals surface area contributed by atoms with Crippen LogP contribution in [0.1, 0.15) is 11.4 Å². The number of anilines is 2. The number of methoxy groups -OCH3 is 1. The minimum absolute atomic E-state index is 0.669. The zero-order valence-corrected chi connectivity index (χ0v) is 13.1. The Kier molecular flexibility index (Phi) is 4.27. The van der Waals surface area contributed by atoms with Crippen LogP contribution in [0.2, 0.25) is 5.02 Å². The minimum Gasteiger partial charge on any atom is -0.495 e. The number of aryl methyl sites for hydroxylation is 2. The molecule has 2 rings (SSSR count). The van der Waals surface area contributed by atoms with Crippen molar-refractivity contribution >= 4 is 39.0 Å². The third-order valence-corrected chi connectivity index (χ3v) is 3.36. The minimum atomic E-state index is 0.669. The lowest BCUT2D eigenvalue weighted by atomic mass is 10.2. The van der Waals surface area contributed by atoms with Crippen molar-refractivity contribution in [2.75, 3.05) is 12.4 Å². The summed E-state index contributed by atoms with van der Waals surface area (Å²) in [4.78, 5) is 8.48. The molecule has 0 saturated carbocycles. The van der Waals surface area contributed by atoms with Crippen molar-refractivity contribution in [3.8, 4) is 5.75 Å². The Morgan fingerprint density at radius 3 is 2.58 bits per heavy atom. The fraction of sp³-hybridized carbons (Fsp3) is 0.231. The lowest BCUT2D eigenvalue weighted by molar-refractivity contribution is 0.416. The van der Waals surface area contributed by atoms with Gasteiger partial charge in [0, 0.05) is 17.2 Å². The molecule has 2 aromatic rings. The van der Waals surface area contributed by atoms with Crippen molar-refractivity contribution < 1.29 is 4.74 Å². The topological polar surface area (TPSA) is 47.0 Å². The fourth-order valence-electron chi connectivity index (χ4n) is 1.66. The molecule has 0 saturated heterocycles. The molecule has 0 aliphatic heterocycles. The van der Waals surface area contributed by atoms with Crippen LogP contribution in [-0.2, 0) is 0 Å². The van der Waals surface area contributed by atoms with Gasteiger partial charge in [-0.3, -0.25) is 0 Å². The van der Waals surface area contributed by atoms with Gasteiger partial charge < -0.3 is 10.1 Å². The Bertz CT molecular complexity index is 599. The van der Waals surface area contributed by atoms with Crippen molar-refractivity contribution in [1.29, 1.82) is 0 Å². The zero-order chi connectivity index (χ0) is 14.0. The summed E-state index contributed by atoms with van der Waals surface area (Å²) in [6, 6.07) is 5.51. The van der Waals surface area contributed by atoms with Gasteiger partial charge in [0.05, 0.1) is 12.8 Å². The maximum absolute atomic E-state index is 6.08. The molecule has 19 heavy (non-hydrogen) atoms. The summed E-state index contributed by atoms with van der Waals surface area (Å²) in [5.41, 5.74) is 1.78. The van der Waals surface area contributed by atoms with E-state index in [1.165, 1.54) is 0 Å². The molecule has 0 fully saturated rings. The number of nitrogens with one attached hydrogen (secondary N) is 1. The molecule has 0 aliphatic rings. The molecule has 1 aromatic carbocycles. The number of halogens is 2. The van der Waals surface area contributed by atoms with Gasteiger partial charge in [-0.2, -0.15) is 0 Å². The molecule has 1 heterocycles. The predicted molar refractivity (Wildman–Crippen MR) is 80.5 cm³/mol. The van der Waals surface area contributed by atoms with Crippen LogP contribution < -0.4 is 10.1 Å². The highest BCUT2D eigenvalue weighted by atomic mass is 79.9. The molecule has 0 atom stereocenters. The molecule has 1 N–H and O–H groups in total. The summed E-state index contributed by atoms with van der Waals surface area (Å²) in [6.45, 7) is 3.77. The number of aromatic nitrogens is 2. The van der Waals surface area contributed by atoms with E-state index in [2.05, 4.69) is 31.2 Å². The van der Waals surface area contributed by atoms with Crippen molar-refractivity contribution in [3.63, 3.8) is 0 Å². The third kappa shape index (κ3) is 3.36. The lowest BCUT2D eigenvalue weighted by Crippen LogP contribution is -2.00. The first kappa shape index (κ1) is 14.1. The molecule has 6 heteroatoms. The summed E-state index contributed by atoms with van der Waals surface area (Å²) in [6.07, 6.45) is 0. The van der Waals surface area contributed by atoms with Crippen LogP contribution >= 0.6 is 27.5 Å². The molecule has 0 unspecified atom stereocenters. The molecule has 0 radical (unpaired) electrons. The highest BCUT2D eigenvalue weighted by Gasteiger charge is 2.08. The fourth-order valence-corrected chi connectivity index (χ4v) is 2.29. The Hall–Kier alpha value is -1.33. The largest absolute Gasteiger partial charge is 0.495 e. The highest BCUT2D eigenvalue weighted by Crippen LogP contribution is 2.32. The van der Waals surface area contributed by atoms with Crippen molar-refractivity contribution in [3.05, 3.63) is 39.2 Å². The molecular weight excluding hydrogens is 330 g/mol. The van der Waals surface area contributed by atoms with Crippen LogP contribution in [0.4, 0.5) is 11.5 Å². The summed E-state index contributed by atoms with van der Waals surface area (Å²) >= 11 is 9.42. The first-order chi connectivity index (χ1) is 8.99. The van der Waals surface area contributed by atoms with Gasteiger partial charge in [-0.1, -0.05) is 11.6 Å². The standard InChI is InChI=1S/C13H13BrClN3O/c1-7-4-10(11(19-3)5-9(7)15)18-13-6-12(14)16-8(2)17-13/h4-6H,1-3H3,(H,16,17,18). The van der Waals surface area contributed by atoms with Crippen LogP contribution in [0.3, 0.4) is 0 Å². The number of hydrogen-bond acceptors (Lipinski definition) is 4. The molecule has 4 nitrogen and oxygen atoms in total. The van der Waals surface area contributed by atoms with Crippen molar-refractivity contribution in [2.24, 2.45) is 0 Å². The smallest absolute Gasteiger partial charge is 0.143 e. The average molecular weight is 343 g/mol. The van der Waals surface area contributed by atoms with Gasteiger partial charge in [-0.15, -0.1) is 0 Å². The van der Waals surface area contributed by atoms with Gasteiger partial charge in [0.2, 0.25) is 0 Å². The number of nitrogens with zero attached hydrogens (tertiary/aromatic N) is 2. The second-order valence-electron chi connectivity index (χ2n) is 4.05. The van der Waals surface area contributed by atoms with Crippen LogP contribution in [0.25, 0.3) is 0 Å². The normalized spacial score (nSPS) is 10.4. The van der Waals surface area contributed by atoms with Crippen LogP contribution in [-0.4, -0.2) is 17.1 Å². The zero-order valence-electron chi connectivity index (χ0n) is 10.8. The predicted octanol–water partition coefficient (Wildman–Crippen LogP) is 4.26. The van der Waals surface area contributed by atoms with Gasteiger partial charge >= 0.3 is 0 Å². The van der Waals surface area contributed by atoms with Crippen LogP contribution in [0.5, 0.6) is 5.75 Å². The van der Waals surface area contributed by atoms with E-state index in [-0.39, 0.29) is 0 Å². The number of benzene rings is 1. The second kappa shape index (κ2) is 5.75. The number of ether oxygens (including phenoxy) is 1. The highest BCUT2D eigenvalue weighted by molar-refractivity contribution is 9.10. The summed E-state index contributed by atoms with van der Waals surface area (Å²) in [7, 11) is 1.60. The first-order valence-electron chi connectivity index (χ1n) is 5.62. The average Bonchev–Trinajstić information content (AvgIpc) is 2.32. The Morgan fingerprint density at radius 1 is 1.21 bits per heavy atom. The summed E-state index contributed by atoms with van der Waals surface area (Å²) in [5.74, 6) is 2.05.